The number of imidazole rings is 1. The predicted octanol–water partition coefficient (Wildman–Crippen LogP) is 4.27. The first-order chi connectivity index (χ1) is 11.6. The summed E-state index contributed by atoms with van der Waals surface area (Å²) in [4.78, 5) is 19.7. The normalized spacial score (nSPS) is 17.6. The van der Waals surface area contributed by atoms with Crippen LogP contribution in [0.3, 0.4) is 0 Å². The monoisotopic (exact) mass is 339 g/mol. The van der Waals surface area contributed by atoms with Crippen LogP contribution in [0.15, 0.2) is 48.7 Å². The molecule has 2 aromatic heterocycles. The van der Waals surface area contributed by atoms with Crippen LogP contribution < -0.4 is 0 Å². The number of carbonyl (C=O) groups excluding carboxylic acids is 1. The summed E-state index contributed by atoms with van der Waals surface area (Å²) in [6.07, 6.45) is 3.77. The largest absolute Gasteiger partial charge is 0.330 e. The lowest BCUT2D eigenvalue weighted by Gasteiger charge is -2.25. The molecule has 1 amide bonds. The van der Waals surface area contributed by atoms with Crippen LogP contribution in [0.2, 0.25) is 5.02 Å². The predicted molar refractivity (Wildman–Crippen MR) is 94.4 cm³/mol. The van der Waals surface area contributed by atoms with E-state index in [0.29, 0.717) is 10.7 Å². The van der Waals surface area contributed by atoms with Crippen LogP contribution >= 0.6 is 11.6 Å². The van der Waals surface area contributed by atoms with Crippen molar-refractivity contribution in [3.05, 3.63) is 70.6 Å². The van der Waals surface area contributed by atoms with Crippen molar-refractivity contribution >= 4 is 23.2 Å². The number of likely N-dealkylation sites (tertiary alicyclic amines) is 1. The van der Waals surface area contributed by atoms with Gasteiger partial charge in [-0.15, -0.1) is 0 Å². The van der Waals surface area contributed by atoms with Gasteiger partial charge in [-0.1, -0.05) is 41.9 Å². The maximum Gasteiger partial charge on any atom is 0.273 e. The lowest BCUT2D eigenvalue weighted by molar-refractivity contribution is 0.0728. The summed E-state index contributed by atoms with van der Waals surface area (Å²) in [6.45, 7) is 2.65. The van der Waals surface area contributed by atoms with Gasteiger partial charge in [-0.3, -0.25) is 9.20 Å². The highest BCUT2D eigenvalue weighted by Crippen LogP contribution is 2.33. The average Bonchev–Trinajstić information content (AvgIpc) is 3.19. The van der Waals surface area contributed by atoms with Crippen molar-refractivity contribution in [2.75, 3.05) is 6.54 Å². The summed E-state index contributed by atoms with van der Waals surface area (Å²) in [6, 6.07) is 14.0. The molecule has 0 bridgehead atoms. The van der Waals surface area contributed by atoms with E-state index in [1.54, 1.807) is 16.7 Å². The van der Waals surface area contributed by atoms with Crippen molar-refractivity contribution in [2.45, 2.75) is 25.8 Å². The quantitative estimate of drug-likeness (QED) is 0.699. The Morgan fingerprint density at radius 1 is 1.21 bits per heavy atom. The highest BCUT2D eigenvalue weighted by atomic mass is 35.5. The molecular weight excluding hydrogens is 322 g/mol. The maximum absolute atomic E-state index is 13.3. The molecule has 1 saturated heterocycles. The third kappa shape index (κ3) is 2.47. The first-order valence-electron chi connectivity index (χ1n) is 8.15. The molecule has 3 aromatic rings. The molecule has 0 aliphatic carbocycles. The van der Waals surface area contributed by atoms with Gasteiger partial charge in [0.1, 0.15) is 11.3 Å². The molecule has 0 unspecified atom stereocenters. The number of benzene rings is 1. The molecule has 0 saturated carbocycles. The Kier molecular flexibility index (Phi) is 3.77. The first-order valence-corrected chi connectivity index (χ1v) is 8.53. The van der Waals surface area contributed by atoms with Crippen LogP contribution in [0.4, 0.5) is 0 Å². The SMILES string of the molecule is Cc1nc2ccc(Cl)cn2c1C(=O)N1CCC[C@H]1c1ccccc1. The summed E-state index contributed by atoms with van der Waals surface area (Å²) in [5.41, 5.74) is 3.28. The Balaban J connectivity index is 1.76. The van der Waals surface area contributed by atoms with Crippen LogP contribution in [0.25, 0.3) is 5.65 Å². The summed E-state index contributed by atoms with van der Waals surface area (Å²) >= 11 is 6.12. The molecule has 0 spiro atoms. The minimum atomic E-state index is 0.0219. The molecule has 1 aromatic carbocycles. The van der Waals surface area contributed by atoms with E-state index in [1.807, 2.05) is 36.1 Å². The zero-order valence-electron chi connectivity index (χ0n) is 13.4. The third-order valence-corrected chi connectivity index (χ3v) is 4.88. The molecule has 1 atom stereocenters. The summed E-state index contributed by atoms with van der Waals surface area (Å²) < 4.78 is 1.81. The Morgan fingerprint density at radius 3 is 2.79 bits per heavy atom. The summed E-state index contributed by atoms with van der Waals surface area (Å²) in [5.74, 6) is 0.0219. The summed E-state index contributed by atoms with van der Waals surface area (Å²) in [5, 5.41) is 0.593. The van der Waals surface area contributed by atoms with Gasteiger partial charge >= 0.3 is 0 Å². The van der Waals surface area contributed by atoms with Crippen molar-refractivity contribution in [3.8, 4) is 0 Å². The van der Waals surface area contributed by atoms with Gasteiger partial charge in [0.25, 0.3) is 5.91 Å². The highest BCUT2D eigenvalue weighted by Gasteiger charge is 2.32. The number of fused-ring (bicyclic) bond motifs is 1. The van der Waals surface area contributed by atoms with E-state index in [2.05, 4.69) is 17.1 Å². The standard InChI is InChI=1S/C19H18ClN3O/c1-13-18(23-12-15(20)9-10-17(23)21-13)19(24)22-11-5-8-16(22)14-6-3-2-4-7-14/h2-4,6-7,9-10,12,16H,5,8,11H2,1H3/t16-/m0/s1. The molecule has 0 N–H and O–H groups in total. The van der Waals surface area contributed by atoms with Crippen molar-refractivity contribution < 1.29 is 4.79 Å². The molecular formula is C19H18ClN3O. The number of halogens is 1. The van der Waals surface area contributed by atoms with Crippen molar-refractivity contribution in [2.24, 2.45) is 0 Å². The number of aryl methyl sites for hydroxylation is 1. The number of pyridine rings is 1. The number of amides is 1. The minimum absolute atomic E-state index is 0.0219. The van der Waals surface area contributed by atoms with E-state index in [0.717, 1.165) is 30.7 Å². The molecule has 1 aliphatic rings. The first kappa shape index (κ1) is 15.2. The Bertz CT molecular complexity index is 904. The molecule has 24 heavy (non-hydrogen) atoms. The molecule has 0 radical (unpaired) electrons. The molecule has 1 aliphatic heterocycles. The second-order valence-corrected chi connectivity index (χ2v) is 6.63. The van der Waals surface area contributed by atoms with E-state index in [9.17, 15) is 4.79 Å². The van der Waals surface area contributed by atoms with E-state index in [-0.39, 0.29) is 11.9 Å². The van der Waals surface area contributed by atoms with Gasteiger partial charge in [0.2, 0.25) is 0 Å². The number of nitrogens with zero attached hydrogens (tertiary/aromatic N) is 3. The average molecular weight is 340 g/mol. The van der Waals surface area contributed by atoms with Gasteiger partial charge < -0.3 is 4.90 Å². The number of carbonyl (C=O) groups is 1. The van der Waals surface area contributed by atoms with Crippen LogP contribution in [-0.2, 0) is 0 Å². The van der Waals surface area contributed by atoms with Crippen LogP contribution in [0, 0.1) is 6.92 Å². The summed E-state index contributed by atoms with van der Waals surface area (Å²) in [7, 11) is 0. The van der Waals surface area contributed by atoms with Crippen molar-refractivity contribution in [1.29, 1.82) is 0 Å². The smallest absolute Gasteiger partial charge is 0.273 e. The van der Waals surface area contributed by atoms with Crippen molar-refractivity contribution in [3.63, 3.8) is 0 Å². The van der Waals surface area contributed by atoms with E-state index in [1.165, 1.54) is 5.56 Å². The van der Waals surface area contributed by atoms with Gasteiger partial charge in [0.05, 0.1) is 16.8 Å². The fourth-order valence-corrected chi connectivity index (χ4v) is 3.72. The number of rotatable bonds is 2. The molecule has 5 heteroatoms. The molecule has 4 rings (SSSR count). The van der Waals surface area contributed by atoms with Gasteiger partial charge in [0, 0.05) is 12.7 Å². The Morgan fingerprint density at radius 2 is 2.00 bits per heavy atom. The van der Waals surface area contributed by atoms with Gasteiger partial charge in [0.15, 0.2) is 0 Å². The van der Waals surface area contributed by atoms with Crippen LogP contribution in [-0.4, -0.2) is 26.7 Å². The minimum Gasteiger partial charge on any atom is -0.330 e. The van der Waals surface area contributed by atoms with Crippen LogP contribution in [0.1, 0.15) is 40.6 Å². The fourth-order valence-electron chi connectivity index (χ4n) is 3.56. The number of aromatic nitrogens is 2. The lowest BCUT2D eigenvalue weighted by atomic mass is 10.0. The zero-order valence-corrected chi connectivity index (χ0v) is 14.2. The van der Waals surface area contributed by atoms with Gasteiger partial charge in [-0.05, 0) is 37.5 Å². The maximum atomic E-state index is 13.3. The van der Waals surface area contributed by atoms with E-state index in [4.69, 9.17) is 11.6 Å². The highest BCUT2D eigenvalue weighted by molar-refractivity contribution is 6.30. The topological polar surface area (TPSA) is 37.6 Å². The molecule has 3 heterocycles. The van der Waals surface area contributed by atoms with Gasteiger partial charge in [-0.2, -0.15) is 0 Å². The Labute approximate surface area is 145 Å². The number of hydrogen-bond acceptors (Lipinski definition) is 2. The van der Waals surface area contributed by atoms with E-state index >= 15 is 0 Å². The second kappa shape index (κ2) is 5.95. The fraction of sp³-hybridized carbons (Fsp3) is 0.263. The number of hydrogen-bond donors (Lipinski definition) is 0. The zero-order chi connectivity index (χ0) is 16.7. The van der Waals surface area contributed by atoms with Crippen molar-refractivity contribution in [1.82, 2.24) is 14.3 Å². The molecule has 1 fully saturated rings. The second-order valence-electron chi connectivity index (χ2n) is 6.19. The van der Waals surface area contributed by atoms with Gasteiger partial charge in [-0.25, -0.2) is 4.98 Å². The van der Waals surface area contributed by atoms with E-state index < -0.39 is 0 Å². The molecule has 4 nitrogen and oxygen atoms in total. The third-order valence-electron chi connectivity index (χ3n) is 4.66. The van der Waals surface area contributed by atoms with Crippen LogP contribution in [0.5, 0.6) is 0 Å². The lowest BCUT2D eigenvalue weighted by Crippen LogP contribution is -2.31. The molecule has 122 valence electrons. The Hall–Kier alpha value is -2.33.